The van der Waals surface area contributed by atoms with E-state index in [1.54, 1.807) is 11.8 Å². The molecule has 0 aromatic heterocycles. The van der Waals surface area contributed by atoms with Crippen LogP contribution >= 0.6 is 11.8 Å². The second kappa shape index (κ2) is 4.57. The number of benzene rings is 1. The molecule has 1 fully saturated rings. The number of nitrogens with one attached hydrogen (secondary N) is 1. The van der Waals surface area contributed by atoms with Crippen LogP contribution < -0.4 is 5.32 Å². The quantitative estimate of drug-likeness (QED) is 0.804. The third-order valence-electron chi connectivity index (χ3n) is 2.57. The molecule has 0 aliphatic carbocycles. The van der Waals surface area contributed by atoms with Gasteiger partial charge in [0.2, 0.25) is 0 Å². The summed E-state index contributed by atoms with van der Waals surface area (Å²) in [6.07, 6.45) is 0.906. The van der Waals surface area contributed by atoms with Crippen LogP contribution in [0.15, 0.2) is 12.1 Å². The van der Waals surface area contributed by atoms with E-state index in [1.165, 1.54) is 0 Å². The Labute approximate surface area is 96.4 Å². The van der Waals surface area contributed by atoms with Crippen molar-refractivity contribution in [1.29, 1.82) is 0 Å². The Bertz CT molecular complexity index is 397. The molecule has 2 rings (SSSR count). The minimum atomic E-state index is -1.16. The lowest BCUT2D eigenvalue weighted by Gasteiger charge is -2.14. The van der Waals surface area contributed by atoms with Crippen molar-refractivity contribution in [3.63, 3.8) is 0 Å². The fourth-order valence-corrected chi connectivity index (χ4v) is 2.92. The van der Waals surface area contributed by atoms with Crippen LogP contribution in [0.25, 0.3) is 0 Å². The van der Waals surface area contributed by atoms with E-state index in [0.29, 0.717) is 11.3 Å². The van der Waals surface area contributed by atoms with Gasteiger partial charge in [-0.15, -0.1) is 0 Å². The molecule has 1 saturated heterocycles. The first-order valence-corrected chi connectivity index (χ1v) is 6.14. The van der Waals surface area contributed by atoms with Crippen LogP contribution in [0.4, 0.5) is 18.9 Å². The van der Waals surface area contributed by atoms with Crippen molar-refractivity contribution in [2.75, 3.05) is 11.1 Å². The van der Waals surface area contributed by atoms with Crippen LogP contribution in [0, 0.1) is 17.5 Å². The zero-order valence-corrected chi connectivity index (χ0v) is 9.58. The molecular formula is C11H12F3NS. The fraction of sp³-hybridized carbons (Fsp3) is 0.455. The Morgan fingerprint density at radius 3 is 2.50 bits per heavy atom. The maximum atomic E-state index is 13.3. The molecule has 1 heterocycles. The highest BCUT2D eigenvalue weighted by Gasteiger charge is 2.23. The average Bonchev–Trinajstić information content (AvgIpc) is 2.60. The molecule has 1 N–H and O–H groups in total. The second-order valence-corrected chi connectivity index (χ2v) is 5.44. The average molecular weight is 247 g/mol. The van der Waals surface area contributed by atoms with E-state index in [-0.39, 0.29) is 11.7 Å². The van der Waals surface area contributed by atoms with Crippen LogP contribution in [-0.4, -0.2) is 17.0 Å². The minimum absolute atomic E-state index is 0.0404. The highest BCUT2D eigenvalue weighted by atomic mass is 32.2. The molecular weight excluding hydrogens is 235 g/mol. The van der Waals surface area contributed by atoms with Gasteiger partial charge in [-0.05, 0) is 6.42 Å². The maximum Gasteiger partial charge on any atom is 0.161 e. The topological polar surface area (TPSA) is 12.0 Å². The molecule has 0 bridgehead atoms. The van der Waals surface area contributed by atoms with Crippen molar-refractivity contribution >= 4 is 17.4 Å². The summed E-state index contributed by atoms with van der Waals surface area (Å²) in [5.41, 5.74) is 0.0404. The fourth-order valence-electron chi connectivity index (χ4n) is 1.77. The number of halogens is 3. The summed E-state index contributed by atoms with van der Waals surface area (Å²) in [5.74, 6) is -2.07. The first kappa shape index (κ1) is 11.6. The van der Waals surface area contributed by atoms with E-state index in [1.807, 2.05) is 0 Å². The predicted molar refractivity (Wildman–Crippen MR) is 60.3 cm³/mol. The van der Waals surface area contributed by atoms with Gasteiger partial charge >= 0.3 is 0 Å². The molecule has 1 aliphatic rings. The van der Waals surface area contributed by atoms with Crippen LogP contribution in [0.5, 0.6) is 0 Å². The van der Waals surface area contributed by atoms with Gasteiger partial charge in [-0.2, -0.15) is 11.8 Å². The largest absolute Gasteiger partial charge is 0.379 e. The Morgan fingerprint density at radius 2 is 1.88 bits per heavy atom. The molecule has 0 spiro atoms. The molecule has 1 nitrogen and oxygen atoms in total. The van der Waals surface area contributed by atoms with Crippen molar-refractivity contribution in [1.82, 2.24) is 0 Å². The van der Waals surface area contributed by atoms with Crippen molar-refractivity contribution in [3.05, 3.63) is 29.6 Å². The number of hydrogen-bond donors (Lipinski definition) is 1. The van der Waals surface area contributed by atoms with Gasteiger partial charge in [-0.3, -0.25) is 0 Å². The van der Waals surface area contributed by atoms with Gasteiger partial charge in [0.25, 0.3) is 0 Å². The maximum absolute atomic E-state index is 13.3. The summed E-state index contributed by atoms with van der Waals surface area (Å²) in [7, 11) is 0. The van der Waals surface area contributed by atoms with E-state index in [0.717, 1.165) is 18.2 Å². The van der Waals surface area contributed by atoms with Crippen LogP contribution in [0.1, 0.15) is 13.3 Å². The van der Waals surface area contributed by atoms with E-state index in [2.05, 4.69) is 12.2 Å². The van der Waals surface area contributed by atoms with E-state index >= 15 is 0 Å². The van der Waals surface area contributed by atoms with Crippen molar-refractivity contribution in [2.24, 2.45) is 0 Å². The third kappa shape index (κ3) is 2.45. The molecule has 88 valence electrons. The lowest BCUT2D eigenvalue weighted by Crippen LogP contribution is -2.20. The molecule has 1 aliphatic heterocycles. The molecule has 0 amide bonds. The summed E-state index contributed by atoms with van der Waals surface area (Å²) >= 11 is 1.79. The van der Waals surface area contributed by atoms with Gasteiger partial charge in [-0.1, -0.05) is 6.92 Å². The summed E-state index contributed by atoms with van der Waals surface area (Å²) in [4.78, 5) is 0. The highest BCUT2D eigenvalue weighted by molar-refractivity contribution is 8.00. The lowest BCUT2D eigenvalue weighted by molar-refractivity contribution is 0.495. The summed E-state index contributed by atoms with van der Waals surface area (Å²) in [6.45, 7) is 2.09. The lowest BCUT2D eigenvalue weighted by atomic mass is 10.2. The first-order chi connectivity index (χ1) is 7.56. The van der Waals surface area contributed by atoms with Crippen LogP contribution in [0.3, 0.4) is 0 Å². The van der Waals surface area contributed by atoms with Crippen molar-refractivity contribution in [3.8, 4) is 0 Å². The van der Waals surface area contributed by atoms with Gasteiger partial charge in [0, 0.05) is 29.2 Å². The SMILES string of the molecule is CC1CC(Nc2cc(F)c(F)cc2F)CS1. The van der Waals surface area contributed by atoms with Gasteiger partial charge in [0.15, 0.2) is 11.6 Å². The number of rotatable bonds is 2. The zero-order valence-electron chi connectivity index (χ0n) is 8.77. The van der Waals surface area contributed by atoms with E-state index < -0.39 is 17.5 Å². The number of thioether (sulfide) groups is 1. The third-order valence-corrected chi connectivity index (χ3v) is 3.92. The van der Waals surface area contributed by atoms with Crippen molar-refractivity contribution < 1.29 is 13.2 Å². The molecule has 16 heavy (non-hydrogen) atoms. The summed E-state index contributed by atoms with van der Waals surface area (Å²) in [6, 6.07) is 1.57. The molecule has 0 saturated carbocycles. The Kier molecular flexibility index (Phi) is 3.33. The normalized spacial score (nSPS) is 24.8. The Balaban J connectivity index is 2.12. The summed E-state index contributed by atoms with van der Waals surface area (Å²) in [5, 5.41) is 3.42. The van der Waals surface area contributed by atoms with Gasteiger partial charge in [-0.25, -0.2) is 13.2 Å². The summed E-state index contributed by atoms with van der Waals surface area (Å²) < 4.78 is 38.9. The molecule has 2 unspecified atom stereocenters. The highest BCUT2D eigenvalue weighted by Crippen LogP contribution is 2.29. The Hall–Kier alpha value is -0.840. The Morgan fingerprint density at radius 1 is 1.19 bits per heavy atom. The first-order valence-electron chi connectivity index (χ1n) is 5.09. The van der Waals surface area contributed by atoms with E-state index in [9.17, 15) is 13.2 Å². The van der Waals surface area contributed by atoms with Gasteiger partial charge < -0.3 is 5.32 Å². The molecule has 1 aromatic carbocycles. The van der Waals surface area contributed by atoms with Crippen molar-refractivity contribution in [2.45, 2.75) is 24.6 Å². The monoisotopic (exact) mass is 247 g/mol. The predicted octanol–water partition coefficient (Wildman–Crippen LogP) is 3.41. The van der Waals surface area contributed by atoms with Crippen LogP contribution in [-0.2, 0) is 0 Å². The molecule has 0 radical (unpaired) electrons. The van der Waals surface area contributed by atoms with Gasteiger partial charge in [0.1, 0.15) is 5.82 Å². The van der Waals surface area contributed by atoms with Crippen LogP contribution in [0.2, 0.25) is 0 Å². The second-order valence-electron chi connectivity index (χ2n) is 3.97. The number of anilines is 1. The zero-order chi connectivity index (χ0) is 11.7. The number of hydrogen-bond acceptors (Lipinski definition) is 2. The van der Waals surface area contributed by atoms with Gasteiger partial charge in [0.05, 0.1) is 5.69 Å². The standard InChI is InChI=1S/C11H12F3NS/c1-6-2-7(5-16-6)15-11-4-9(13)8(12)3-10(11)14/h3-4,6-7,15H,2,5H2,1H3. The molecule has 5 heteroatoms. The molecule has 2 atom stereocenters. The van der Waals surface area contributed by atoms with E-state index in [4.69, 9.17) is 0 Å². The smallest absolute Gasteiger partial charge is 0.161 e. The minimum Gasteiger partial charge on any atom is -0.379 e. The molecule has 1 aromatic rings.